The van der Waals surface area contributed by atoms with Gasteiger partial charge in [-0.25, -0.2) is 31.2 Å². The van der Waals surface area contributed by atoms with Crippen LogP contribution < -0.4 is 5.32 Å². The van der Waals surface area contributed by atoms with Crippen molar-refractivity contribution in [2.45, 2.75) is 129 Å². The molecule has 8 saturated heterocycles. The van der Waals surface area contributed by atoms with Crippen LogP contribution in [0.15, 0.2) is 0 Å². The van der Waals surface area contributed by atoms with E-state index >= 15 is 0 Å². The number of amides is 3. The summed E-state index contributed by atoms with van der Waals surface area (Å²) in [5, 5.41) is 3.30. The van der Waals surface area contributed by atoms with Crippen LogP contribution in [0.1, 0.15) is 88.0 Å². The first-order valence-corrected chi connectivity index (χ1v) is 31.9. The van der Waals surface area contributed by atoms with Crippen molar-refractivity contribution >= 4 is 60.5 Å². The lowest BCUT2D eigenvalue weighted by molar-refractivity contribution is 0.0270. The van der Waals surface area contributed by atoms with Gasteiger partial charge in [-0.15, -0.1) is 0 Å². The molecule has 70 heavy (non-hydrogen) atoms. The maximum absolute atomic E-state index is 12.0. The van der Waals surface area contributed by atoms with Crippen LogP contribution in [-0.2, 0) is 44.7 Å². The molecule has 4 atom stereocenters. The lowest BCUT2D eigenvalue weighted by Gasteiger charge is -2.32. The van der Waals surface area contributed by atoms with E-state index in [4.69, 9.17) is 14.2 Å². The molecule has 23 heteroatoms. The number of hydrogen-bond acceptors (Lipinski definition) is 17. The van der Waals surface area contributed by atoms with Gasteiger partial charge in [0.25, 0.3) is 0 Å². The molecule has 406 valence electrons. The predicted molar refractivity (Wildman–Crippen MR) is 279 cm³/mol. The highest BCUT2D eigenvalue weighted by Gasteiger charge is 2.37. The fourth-order valence-electron chi connectivity index (χ4n) is 9.69. The van der Waals surface area contributed by atoms with Crippen LogP contribution in [0.2, 0.25) is 0 Å². The van der Waals surface area contributed by atoms with E-state index in [9.17, 15) is 35.4 Å². The zero-order valence-electron chi connectivity index (χ0n) is 43.9. The Morgan fingerprint density at radius 3 is 1.14 bits per heavy atom. The Kier molecular flexibility index (Phi) is 21.9. The van der Waals surface area contributed by atoms with E-state index in [1.165, 1.54) is 17.9 Å². The van der Waals surface area contributed by atoms with Crippen LogP contribution in [0.25, 0.3) is 0 Å². The van der Waals surface area contributed by atoms with Gasteiger partial charge in [0, 0.05) is 156 Å². The van der Waals surface area contributed by atoms with Crippen LogP contribution in [0, 0.1) is 0 Å². The highest BCUT2D eigenvalue weighted by molar-refractivity contribution is 7.99. The Hall–Kier alpha value is -1.99. The monoisotopic (exact) mass is 1070 g/mol. The SMILES string of the molecule is CC(C)(C)OC(=O)N1CCC(N2CCS(=O)(=O)CC2)C1.CC(C)(C)OC(=O)N1CCC(N2CCS(=O)CC2)C1.CC(C)(C)OC(=O)N1CCC(N2CCSCC2)C1.O=S1(=O)CCN(C2CCNC2)CC1. The van der Waals surface area contributed by atoms with Crippen molar-refractivity contribution in [2.75, 3.05) is 151 Å². The average molecular weight is 1070 g/mol. The predicted octanol–water partition coefficient (Wildman–Crippen LogP) is 2.91. The molecule has 0 radical (unpaired) electrons. The van der Waals surface area contributed by atoms with Gasteiger partial charge in [-0.05, 0) is 94.5 Å². The number of carbonyl (C=O) groups is 3. The lowest BCUT2D eigenvalue weighted by Crippen LogP contribution is -2.47. The van der Waals surface area contributed by atoms with Gasteiger partial charge in [0.05, 0.1) is 23.0 Å². The van der Waals surface area contributed by atoms with Gasteiger partial charge < -0.3 is 34.2 Å². The largest absolute Gasteiger partial charge is 0.444 e. The third kappa shape index (κ3) is 20.4. The van der Waals surface area contributed by atoms with Crippen molar-refractivity contribution < 1.29 is 49.6 Å². The Bertz CT molecular complexity index is 1910. The van der Waals surface area contributed by atoms with Gasteiger partial charge in [-0.3, -0.25) is 23.8 Å². The van der Waals surface area contributed by atoms with Gasteiger partial charge in [-0.1, -0.05) is 0 Å². The van der Waals surface area contributed by atoms with E-state index < -0.39 is 47.3 Å². The molecule has 8 aliphatic rings. The van der Waals surface area contributed by atoms with Gasteiger partial charge in [-0.2, -0.15) is 11.8 Å². The Morgan fingerprint density at radius 2 is 0.814 bits per heavy atom. The van der Waals surface area contributed by atoms with Crippen LogP contribution in [0.3, 0.4) is 0 Å². The first kappa shape index (κ1) is 58.9. The van der Waals surface area contributed by atoms with Crippen molar-refractivity contribution in [1.29, 1.82) is 0 Å². The molecular formula is C47H88N8O11S4. The fourth-order valence-corrected chi connectivity index (χ4v) is 14.2. The Labute approximate surface area is 427 Å². The minimum absolute atomic E-state index is 0.156. The molecule has 0 spiro atoms. The van der Waals surface area contributed by atoms with Crippen molar-refractivity contribution in [3.8, 4) is 0 Å². The maximum Gasteiger partial charge on any atom is 0.410 e. The Morgan fingerprint density at radius 1 is 0.486 bits per heavy atom. The Balaban J connectivity index is 0.000000176. The summed E-state index contributed by atoms with van der Waals surface area (Å²) in [6, 6.07) is 1.79. The quantitative estimate of drug-likeness (QED) is 0.403. The molecule has 3 amide bonds. The highest BCUT2D eigenvalue weighted by atomic mass is 32.2. The van der Waals surface area contributed by atoms with Gasteiger partial charge in [0.2, 0.25) is 0 Å². The smallest absolute Gasteiger partial charge is 0.410 e. The van der Waals surface area contributed by atoms with Gasteiger partial charge in [0.15, 0.2) is 19.7 Å². The van der Waals surface area contributed by atoms with Crippen molar-refractivity contribution in [2.24, 2.45) is 0 Å². The summed E-state index contributed by atoms with van der Waals surface area (Å²) in [5.74, 6) is 5.15. The molecule has 0 aromatic rings. The van der Waals surface area contributed by atoms with Crippen LogP contribution in [0.4, 0.5) is 14.4 Å². The molecule has 0 bridgehead atoms. The zero-order valence-corrected chi connectivity index (χ0v) is 47.1. The summed E-state index contributed by atoms with van der Waals surface area (Å²) >= 11 is 2.03. The standard InChI is InChI=1S/C13H24N2O4S.C13H24N2O3S.C13H24N2O2S.C8H16N2O2S/c1-13(2,3)19-12(16)15-5-4-11(10-15)14-6-8-20(17,18)9-7-14;1-13(2,3)18-12(16)15-5-4-11(10-15)14-6-8-19(17)9-7-14;1-13(2,3)17-12(16)15-5-4-11(10-15)14-6-8-18-9-7-14;11-13(12)5-3-10(4-6-13)8-1-2-9-7-8/h11H,4-10H2,1-3H3;11H,4-10H2,1-3H3;11H,4-10H2,1-3H3;8-9H,1-7H2. The summed E-state index contributed by atoms with van der Waals surface area (Å²) in [7, 11) is -6.19. The number of thioether (sulfide) groups is 1. The second-order valence-corrected chi connectivity index (χ2v) is 30.2. The number of carbonyl (C=O) groups excluding carboxylic acids is 3. The van der Waals surface area contributed by atoms with E-state index in [0.717, 1.165) is 109 Å². The molecule has 0 aromatic carbocycles. The maximum atomic E-state index is 12.0. The summed E-state index contributed by atoms with van der Waals surface area (Å²) in [6.07, 6.45) is 3.49. The molecule has 0 saturated carbocycles. The van der Waals surface area contributed by atoms with E-state index in [1.54, 1.807) is 9.80 Å². The molecular weight excluding hydrogens is 981 g/mol. The number of hydrogen-bond donors (Lipinski definition) is 1. The summed E-state index contributed by atoms with van der Waals surface area (Å²) in [4.78, 5) is 50.7. The molecule has 8 heterocycles. The van der Waals surface area contributed by atoms with Crippen LogP contribution in [-0.4, -0.2) is 265 Å². The second kappa shape index (κ2) is 26.0. The van der Waals surface area contributed by atoms with E-state index in [2.05, 4.69) is 24.9 Å². The topological polar surface area (TPSA) is 199 Å². The second-order valence-electron chi connectivity index (χ2n) is 22.7. The van der Waals surface area contributed by atoms with Crippen molar-refractivity contribution in [3.05, 3.63) is 0 Å². The van der Waals surface area contributed by atoms with Crippen molar-refractivity contribution in [1.82, 2.24) is 39.6 Å². The molecule has 8 fully saturated rings. The number of sulfone groups is 2. The fraction of sp³-hybridized carbons (Fsp3) is 0.936. The first-order chi connectivity index (χ1) is 32.6. The molecule has 1 N–H and O–H groups in total. The molecule has 19 nitrogen and oxygen atoms in total. The number of ether oxygens (including phenoxy) is 3. The summed E-state index contributed by atoms with van der Waals surface area (Å²) < 4.78 is 72.7. The van der Waals surface area contributed by atoms with E-state index in [1.807, 2.05) is 79.0 Å². The molecule has 8 rings (SSSR count). The minimum atomic E-state index is -2.85. The molecule has 8 aliphatic heterocycles. The molecule has 4 unspecified atom stereocenters. The van der Waals surface area contributed by atoms with E-state index in [0.29, 0.717) is 55.8 Å². The summed E-state index contributed by atoms with van der Waals surface area (Å²) in [6.45, 7) is 30.3. The average Bonchev–Trinajstić information content (AvgIpc) is 4.12. The van der Waals surface area contributed by atoms with E-state index in [-0.39, 0.29) is 35.8 Å². The van der Waals surface area contributed by atoms with Gasteiger partial charge >= 0.3 is 18.3 Å². The highest BCUT2D eigenvalue weighted by Crippen LogP contribution is 2.24. The van der Waals surface area contributed by atoms with Crippen LogP contribution >= 0.6 is 11.8 Å². The number of likely N-dealkylation sites (tertiary alicyclic amines) is 3. The van der Waals surface area contributed by atoms with Crippen LogP contribution in [0.5, 0.6) is 0 Å². The zero-order chi connectivity index (χ0) is 51.5. The first-order valence-electron chi connectivity index (χ1n) is 25.6. The third-order valence-corrected chi connectivity index (χ3v) is 19.0. The van der Waals surface area contributed by atoms with Crippen molar-refractivity contribution in [3.63, 3.8) is 0 Å². The normalized spacial score (nSPS) is 28.4. The minimum Gasteiger partial charge on any atom is -0.444 e. The molecule has 0 aromatic heterocycles. The number of nitrogens with zero attached hydrogens (tertiary/aromatic N) is 7. The number of nitrogens with one attached hydrogen (secondary N) is 1. The summed E-state index contributed by atoms with van der Waals surface area (Å²) in [5.41, 5.74) is -1.30. The molecule has 0 aliphatic carbocycles. The van der Waals surface area contributed by atoms with Gasteiger partial charge in [0.1, 0.15) is 16.8 Å². The lowest BCUT2D eigenvalue weighted by atomic mass is 10.2. The number of rotatable bonds is 4. The third-order valence-electron chi connectivity index (χ3n) is 13.6.